The number of carboxylic acids is 1. The van der Waals surface area contributed by atoms with Gasteiger partial charge >= 0.3 is 5.97 Å². The number of carboxylic acid groups (broad SMARTS) is 1. The lowest BCUT2D eigenvalue weighted by atomic mass is 9.99. The molecule has 2 heterocycles. The van der Waals surface area contributed by atoms with E-state index in [0.29, 0.717) is 26.0 Å². The molecule has 0 aromatic rings. The Labute approximate surface area is 106 Å². The average Bonchev–Trinajstić information content (AvgIpc) is 2.97. The van der Waals surface area contributed by atoms with Gasteiger partial charge < -0.3 is 20.1 Å². The van der Waals surface area contributed by atoms with Crippen LogP contribution < -0.4 is 5.32 Å². The van der Waals surface area contributed by atoms with Crippen molar-refractivity contribution in [3.8, 4) is 0 Å². The number of rotatable bonds is 5. The molecule has 18 heavy (non-hydrogen) atoms. The number of hydrogen-bond acceptors (Lipinski definition) is 4. The van der Waals surface area contributed by atoms with E-state index in [1.54, 1.807) is 0 Å². The summed E-state index contributed by atoms with van der Waals surface area (Å²) in [4.78, 5) is 25.3. The molecule has 102 valence electrons. The van der Waals surface area contributed by atoms with Gasteiger partial charge in [-0.05, 0) is 25.9 Å². The van der Waals surface area contributed by atoms with Gasteiger partial charge in [-0.25, -0.2) is 4.79 Å². The Morgan fingerprint density at radius 3 is 2.61 bits per heavy atom. The van der Waals surface area contributed by atoms with Crippen LogP contribution in [0.1, 0.15) is 25.7 Å². The molecule has 2 saturated heterocycles. The Morgan fingerprint density at radius 1 is 1.33 bits per heavy atom. The van der Waals surface area contributed by atoms with Crippen molar-refractivity contribution in [3.63, 3.8) is 0 Å². The minimum Gasteiger partial charge on any atom is -0.479 e. The van der Waals surface area contributed by atoms with Crippen molar-refractivity contribution in [2.24, 2.45) is 0 Å². The van der Waals surface area contributed by atoms with Gasteiger partial charge in [-0.3, -0.25) is 4.79 Å². The molecular weight excluding hydrogens is 236 g/mol. The van der Waals surface area contributed by atoms with Gasteiger partial charge in [-0.15, -0.1) is 0 Å². The first-order valence-electron chi connectivity index (χ1n) is 6.47. The summed E-state index contributed by atoms with van der Waals surface area (Å²) >= 11 is 0. The minimum absolute atomic E-state index is 0.0672. The van der Waals surface area contributed by atoms with E-state index in [1.807, 2.05) is 0 Å². The monoisotopic (exact) mass is 256 g/mol. The molecule has 0 bridgehead atoms. The van der Waals surface area contributed by atoms with Crippen molar-refractivity contribution in [2.75, 3.05) is 32.8 Å². The number of carbonyl (C=O) groups is 2. The third-order valence-corrected chi connectivity index (χ3v) is 3.66. The number of likely N-dealkylation sites (tertiary alicyclic amines) is 1. The normalized spacial score (nSPS) is 28.4. The van der Waals surface area contributed by atoms with Crippen LogP contribution in [-0.4, -0.2) is 60.3 Å². The number of amides is 1. The lowest BCUT2D eigenvalue weighted by Crippen LogP contribution is -2.55. The van der Waals surface area contributed by atoms with Crippen molar-refractivity contribution < 1.29 is 19.4 Å². The van der Waals surface area contributed by atoms with E-state index < -0.39 is 11.5 Å². The maximum atomic E-state index is 11.8. The van der Waals surface area contributed by atoms with Gasteiger partial charge in [0, 0.05) is 26.0 Å². The molecule has 1 atom stereocenters. The SMILES string of the molecule is O=C(CCN1CCCC1)NC1(C(=O)O)CCOC1. The van der Waals surface area contributed by atoms with Crippen LogP contribution >= 0.6 is 0 Å². The van der Waals surface area contributed by atoms with Gasteiger partial charge in [-0.2, -0.15) is 0 Å². The Balaban J connectivity index is 1.80. The van der Waals surface area contributed by atoms with Crippen LogP contribution in [0.25, 0.3) is 0 Å². The second kappa shape index (κ2) is 5.67. The highest BCUT2D eigenvalue weighted by atomic mass is 16.5. The summed E-state index contributed by atoms with van der Waals surface area (Å²) in [6.07, 6.45) is 3.08. The first-order valence-corrected chi connectivity index (χ1v) is 6.47. The lowest BCUT2D eigenvalue weighted by molar-refractivity contribution is -0.147. The van der Waals surface area contributed by atoms with Crippen LogP contribution in [0.5, 0.6) is 0 Å². The molecule has 2 aliphatic heterocycles. The largest absolute Gasteiger partial charge is 0.479 e. The van der Waals surface area contributed by atoms with Crippen LogP contribution in [-0.2, 0) is 14.3 Å². The van der Waals surface area contributed by atoms with Crippen molar-refractivity contribution in [2.45, 2.75) is 31.2 Å². The standard InChI is InChI=1S/C12H20N2O4/c15-10(3-7-14-5-1-2-6-14)13-12(11(16)17)4-8-18-9-12/h1-9H2,(H,13,15)(H,16,17). The van der Waals surface area contributed by atoms with E-state index in [4.69, 9.17) is 4.74 Å². The van der Waals surface area contributed by atoms with E-state index in [1.165, 1.54) is 12.8 Å². The van der Waals surface area contributed by atoms with Crippen molar-refractivity contribution in [1.29, 1.82) is 0 Å². The smallest absolute Gasteiger partial charge is 0.331 e. The summed E-state index contributed by atoms with van der Waals surface area (Å²) < 4.78 is 5.09. The van der Waals surface area contributed by atoms with E-state index >= 15 is 0 Å². The summed E-state index contributed by atoms with van der Waals surface area (Å²) in [7, 11) is 0. The number of ether oxygens (including phenoxy) is 1. The molecular formula is C12H20N2O4. The Morgan fingerprint density at radius 2 is 2.06 bits per heavy atom. The average molecular weight is 256 g/mol. The molecule has 6 heteroatoms. The molecule has 0 aliphatic carbocycles. The Hall–Kier alpha value is -1.14. The summed E-state index contributed by atoms with van der Waals surface area (Å²) in [5.74, 6) is -1.20. The number of carbonyl (C=O) groups excluding carboxylic acids is 1. The fourth-order valence-electron chi connectivity index (χ4n) is 2.48. The molecule has 0 aromatic carbocycles. The predicted octanol–water partition coefficient (Wildman–Crippen LogP) is -0.168. The first kappa shape index (κ1) is 13.3. The minimum atomic E-state index is -1.21. The van der Waals surface area contributed by atoms with Crippen LogP contribution in [0.3, 0.4) is 0 Å². The molecule has 2 aliphatic rings. The molecule has 2 rings (SSSR count). The van der Waals surface area contributed by atoms with Crippen LogP contribution in [0, 0.1) is 0 Å². The van der Waals surface area contributed by atoms with Gasteiger partial charge in [0.1, 0.15) is 0 Å². The Kier molecular flexibility index (Phi) is 4.19. The lowest BCUT2D eigenvalue weighted by Gasteiger charge is -2.24. The number of aliphatic carboxylic acids is 1. The van der Waals surface area contributed by atoms with Gasteiger partial charge in [0.25, 0.3) is 0 Å². The third-order valence-electron chi connectivity index (χ3n) is 3.66. The number of nitrogens with zero attached hydrogens (tertiary/aromatic N) is 1. The highest BCUT2D eigenvalue weighted by Gasteiger charge is 2.43. The maximum absolute atomic E-state index is 11.8. The van der Waals surface area contributed by atoms with E-state index in [0.717, 1.165) is 13.1 Å². The highest BCUT2D eigenvalue weighted by Crippen LogP contribution is 2.19. The van der Waals surface area contributed by atoms with Crippen molar-refractivity contribution in [3.05, 3.63) is 0 Å². The van der Waals surface area contributed by atoms with Crippen molar-refractivity contribution >= 4 is 11.9 Å². The van der Waals surface area contributed by atoms with Gasteiger partial charge in [0.05, 0.1) is 6.61 Å². The van der Waals surface area contributed by atoms with E-state index in [-0.39, 0.29) is 12.5 Å². The summed E-state index contributed by atoms with van der Waals surface area (Å²) in [5.41, 5.74) is -1.21. The first-order chi connectivity index (χ1) is 8.62. The number of nitrogens with one attached hydrogen (secondary N) is 1. The zero-order chi connectivity index (χ0) is 13.0. The molecule has 1 unspecified atom stereocenters. The van der Waals surface area contributed by atoms with Gasteiger partial charge in [-0.1, -0.05) is 0 Å². The van der Waals surface area contributed by atoms with E-state index in [2.05, 4.69) is 10.2 Å². The van der Waals surface area contributed by atoms with Crippen molar-refractivity contribution in [1.82, 2.24) is 10.2 Å². The van der Waals surface area contributed by atoms with Crippen LogP contribution in [0.15, 0.2) is 0 Å². The van der Waals surface area contributed by atoms with Gasteiger partial charge in [0.2, 0.25) is 5.91 Å². The summed E-state index contributed by atoms with van der Waals surface area (Å²) in [6, 6.07) is 0. The molecule has 0 aromatic heterocycles. The Bertz CT molecular complexity index is 320. The van der Waals surface area contributed by atoms with Gasteiger partial charge in [0.15, 0.2) is 5.54 Å². The van der Waals surface area contributed by atoms with E-state index in [9.17, 15) is 14.7 Å². The number of hydrogen-bond donors (Lipinski definition) is 2. The van der Waals surface area contributed by atoms with Crippen LogP contribution in [0.2, 0.25) is 0 Å². The third kappa shape index (κ3) is 3.00. The fourth-order valence-corrected chi connectivity index (χ4v) is 2.48. The predicted molar refractivity (Wildman–Crippen MR) is 64.2 cm³/mol. The molecule has 2 fully saturated rings. The zero-order valence-corrected chi connectivity index (χ0v) is 10.5. The molecule has 6 nitrogen and oxygen atoms in total. The summed E-state index contributed by atoms with van der Waals surface area (Å²) in [6.45, 7) is 3.25. The second-order valence-corrected chi connectivity index (χ2v) is 5.04. The maximum Gasteiger partial charge on any atom is 0.331 e. The zero-order valence-electron chi connectivity index (χ0n) is 10.5. The molecule has 0 saturated carbocycles. The summed E-state index contributed by atoms with van der Waals surface area (Å²) in [5, 5.41) is 11.8. The fraction of sp³-hybridized carbons (Fsp3) is 0.833. The molecule has 0 radical (unpaired) electrons. The molecule has 2 N–H and O–H groups in total. The quantitative estimate of drug-likeness (QED) is 0.714. The second-order valence-electron chi connectivity index (χ2n) is 5.04. The topological polar surface area (TPSA) is 78.9 Å². The highest BCUT2D eigenvalue weighted by molar-refractivity contribution is 5.87. The molecule has 0 spiro atoms. The van der Waals surface area contributed by atoms with Crippen LogP contribution in [0.4, 0.5) is 0 Å². The molecule has 1 amide bonds.